The summed E-state index contributed by atoms with van der Waals surface area (Å²) in [6, 6.07) is 11.7. The second-order valence-corrected chi connectivity index (χ2v) is 4.89. The van der Waals surface area contributed by atoms with Crippen LogP contribution in [0.25, 0.3) is 0 Å². The number of amides is 1. The number of nitrogens with one attached hydrogen (secondary N) is 2. The molecule has 0 aliphatic carbocycles. The fourth-order valence-electron chi connectivity index (χ4n) is 2.37. The Morgan fingerprint density at radius 2 is 1.95 bits per heavy atom. The maximum absolute atomic E-state index is 12.2. The fourth-order valence-corrected chi connectivity index (χ4v) is 2.37. The highest BCUT2D eigenvalue weighted by Crippen LogP contribution is 2.23. The number of benzene rings is 2. The first kappa shape index (κ1) is 13.2. The minimum Gasteiger partial charge on any atom is -0.478 e. The van der Waals surface area contributed by atoms with Crippen molar-refractivity contribution >= 4 is 23.3 Å². The van der Waals surface area contributed by atoms with E-state index >= 15 is 0 Å². The van der Waals surface area contributed by atoms with E-state index in [0.717, 1.165) is 18.7 Å². The molecule has 0 unspecified atom stereocenters. The van der Waals surface area contributed by atoms with Crippen LogP contribution in [0, 0.1) is 0 Å². The van der Waals surface area contributed by atoms with Gasteiger partial charge in [-0.05, 0) is 42.3 Å². The zero-order chi connectivity index (χ0) is 14.8. The molecule has 2 aromatic rings. The van der Waals surface area contributed by atoms with Gasteiger partial charge < -0.3 is 15.7 Å². The molecule has 3 rings (SSSR count). The Balaban J connectivity index is 1.80. The van der Waals surface area contributed by atoms with E-state index in [2.05, 4.69) is 10.6 Å². The Kier molecular flexibility index (Phi) is 3.31. The molecule has 0 fully saturated rings. The van der Waals surface area contributed by atoms with Crippen molar-refractivity contribution in [2.24, 2.45) is 0 Å². The summed E-state index contributed by atoms with van der Waals surface area (Å²) in [6.07, 6.45) is 0.970. The number of hydrogen-bond donors (Lipinski definition) is 3. The lowest BCUT2D eigenvalue weighted by atomic mass is 10.1. The van der Waals surface area contributed by atoms with E-state index in [4.69, 9.17) is 5.11 Å². The van der Waals surface area contributed by atoms with E-state index in [0.29, 0.717) is 11.3 Å². The summed E-state index contributed by atoms with van der Waals surface area (Å²) in [5.74, 6) is -1.28. The van der Waals surface area contributed by atoms with Crippen molar-refractivity contribution in [3.8, 4) is 0 Å². The van der Waals surface area contributed by atoms with Crippen molar-refractivity contribution in [1.82, 2.24) is 0 Å². The minimum atomic E-state index is -1.02. The zero-order valence-electron chi connectivity index (χ0n) is 11.2. The number of carboxylic acid groups (broad SMARTS) is 1. The molecule has 0 spiro atoms. The highest BCUT2D eigenvalue weighted by Gasteiger charge is 2.14. The lowest BCUT2D eigenvalue weighted by Gasteiger charge is -2.08. The third-order valence-corrected chi connectivity index (χ3v) is 3.45. The summed E-state index contributed by atoms with van der Waals surface area (Å²) in [5, 5.41) is 14.9. The normalized spacial score (nSPS) is 12.4. The monoisotopic (exact) mass is 282 g/mol. The Hall–Kier alpha value is -2.82. The highest BCUT2D eigenvalue weighted by molar-refractivity contribution is 6.05. The molecule has 0 saturated carbocycles. The van der Waals surface area contributed by atoms with E-state index in [-0.39, 0.29) is 11.5 Å². The number of anilines is 2. The van der Waals surface area contributed by atoms with Gasteiger partial charge in [-0.15, -0.1) is 0 Å². The van der Waals surface area contributed by atoms with Crippen LogP contribution in [0.5, 0.6) is 0 Å². The minimum absolute atomic E-state index is 0.142. The molecule has 1 heterocycles. The van der Waals surface area contributed by atoms with Gasteiger partial charge in [0.05, 0.1) is 5.56 Å². The van der Waals surface area contributed by atoms with Crippen molar-refractivity contribution in [1.29, 1.82) is 0 Å². The van der Waals surface area contributed by atoms with Gasteiger partial charge in [0.25, 0.3) is 5.91 Å². The van der Waals surface area contributed by atoms with Crippen molar-refractivity contribution in [2.75, 3.05) is 17.2 Å². The summed E-state index contributed by atoms with van der Waals surface area (Å²) >= 11 is 0. The lowest BCUT2D eigenvalue weighted by Crippen LogP contribution is -2.12. The van der Waals surface area contributed by atoms with Crippen molar-refractivity contribution in [2.45, 2.75) is 6.42 Å². The molecular weight excluding hydrogens is 268 g/mol. The van der Waals surface area contributed by atoms with Crippen LogP contribution in [0.15, 0.2) is 42.5 Å². The molecule has 21 heavy (non-hydrogen) atoms. The molecule has 2 aromatic carbocycles. The van der Waals surface area contributed by atoms with Crippen molar-refractivity contribution in [3.63, 3.8) is 0 Å². The summed E-state index contributed by atoms with van der Waals surface area (Å²) in [7, 11) is 0. The lowest BCUT2D eigenvalue weighted by molar-refractivity contribution is 0.0696. The van der Waals surface area contributed by atoms with Gasteiger partial charge in [-0.1, -0.05) is 12.1 Å². The van der Waals surface area contributed by atoms with Gasteiger partial charge in [0.1, 0.15) is 0 Å². The third kappa shape index (κ3) is 2.72. The smallest absolute Gasteiger partial charge is 0.335 e. The number of carboxylic acids is 1. The number of fused-ring (bicyclic) bond motifs is 1. The fraction of sp³-hybridized carbons (Fsp3) is 0.125. The van der Waals surface area contributed by atoms with Gasteiger partial charge in [0.2, 0.25) is 0 Å². The molecule has 0 saturated heterocycles. The second-order valence-electron chi connectivity index (χ2n) is 4.89. The van der Waals surface area contributed by atoms with E-state index in [1.54, 1.807) is 18.2 Å². The Labute approximate surface area is 121 Å². The summed E-state index contributed by atoms with van der Waals surface area (Å²) in [6.45, 7) is 0.890. The third-order valence-electron chi connectivity index (χ3n) is 3.45. The van der Waals surface area contributed by atoms with Gasteiger partial charge in [-0.2, -0.15) is 0 Å². The number of hydrogen-bond acceptors (Lipinski definition) is 3. The first-order chi connectivity index (χ1) is 10.1. The first-order valence-corrected chi connectivity index (χ1v) is 6.65. The Morgan fingerprint density at radius 1 is 1.10 bits per heavy atom. The molecule has 1 aliphatic rings. The van der Waals surface area contributed by atoms with Gasteiger partial charge in [-0.3, -0.25) is 4.79 Å². The van der Waals surface area contributed by atoms with Gasteiger partial charge in [0, 0.05) is 23.5 Å². The molecule has 106 valence electrons. The average molecular weight is 282 g/mol. The van der Waals surface area contributed by atoms with E-state index < -0.39 is 5.97 Å². The van der Waals surface area contributed by atoms with Crippen molar-refractivity contribution in [3.05, 3.63) is 59.2 Å². The zero-order valence-corrected chi connectivity index (χ0v) is 11.2. The number of rotatable bonds is 3. The largest absolute Gasteiger partial charge is 0.478 e. The average Bonchev–Trinajstić information content (AvgIpc) is 2.94. The predicted molar refractivity (Wildman–Crippen MR) is 80.0 cm³/mol. The van der Waals surface area contributed by atoms with Crippen LogP contribution in [0.4, 0.5) is 11.4 Å². The summed E-state index contributed by atoms with van der Waals surface area (Å²) in [5.41, 5.74) is 3.35. The van der Waals surface area contributed by atoms with Crippen LogP contribution in [0.1, 0.15) is 26.3 Å². The number of aromatic carboxylic acids is 1. The molecule has 0 bridgehead atoms. The molecule has 1 aliphatic heterocycles. The van der Waals surface area contributed by atoms with Gasteiger partial charge in [0.15, 0.2) is 0 Å². The quantitative estimate of drug-likeness (QED) is 0.808. The van der Waals surface area contributed by atoms with Crippen LogP contribution < -0.4 is 10.6 Å². The van der Waals surface area contributed by atoms with E-state index in [1.807, 2.05) is 12.1 Å². The maximum atomic E-state index is 12.2. The van der Waals surface area contributed by atoms with Crippen LogP contribution in [-0.4, -0.2) is 23.5 Å². The Bertz CT molecular complexity index is 725. The van der Waals surface area contributed by atoms with E-state index in [9.17, 15) is 9.59 Å². The highest BCUT2D eigenvalue weighted by atomic mass is 16.4. The SMILES string of the molecule is O=C(O)c1cccc(NC(=O)c2ccc3c(c2)NCC3)c1. The first-order valence-electron chi connectivity index (χ1n) is 6.65. The molecule has 5 nitrogen and oxygen atoms in total. The maximum Gasteiger partial charge on any atom is 0.335 e. The standard InChI is InChI=1S/C16H14N2O3/c19-15(11-5-4-10-6-7-17-14(10)9-11)18-13-3-1-2-12(8-13)16(20)21/h1-5,8-9,17H,6-7H2,(H,18,19)(H,20,21). The van der Waals surface area contributed by atoms with Crippen LogP contribution in [0.3, 0.4) is 0 Å². The molecule has 3 N–H and O–H groups in total. The Morgan fingerprint density at radius 3 is 2.76 bits per heavy atom. The molecule has 0 aromatic heterocycles. The molecule has 1 amide bonds. The van der Waals surface area contributed by atoms with Gasteiger partial charge >= 0.3 is 5.97 Å². The number of carbonyl (C=O) groups excluding carboxylic acids is 1. The summed E-state index contributed by atoms with van der Waals surface area (Å²) < 4.78 is 0. The van der Waals surface area contributed by atoms with Crippen LogP contribution in [0.2, 0.25) is 0 Å². The van der Waals surface area contributed by atoms with Crippen LogP contribution in [-0.2, 0) is 6.42 Å². The second kappa shape index (κ2) is 5.28. The molecule has 0 atom stereocenters. The van der Waals surface area contributed by atoms with Crippen molar-refractivity contribution < 1.29 is 14.7 Å². The molecular formula is C16H14N2O3. The van der Waals surface area contributed by atoms with Gasteiger partial charge in [-0.25, -0.2) is 4.79 Å². The summed E-state index contributed by atoms with van der Waals surface area (Å²) in [4.78, 5) is 23.1. The van der Waals surface area contributed by atoms with Crippen LogP contribution >= 0.6 is 0 Å². The predicted octanol–water partition coefficient (Wildman–Crippen LogP) is 2.61. The van der Waals surface area contributed by atoms with E-state index in [1.165, 1.54) is 17.7 Å². The number of carbonyl (C=O) groups is 2. The topological polar surface area (TPSA) is 78.4 Å². The molecule has 5 heteroatoms. The molecule has 0 radical (unpaired) electrons.